The van der Waals surface area contributed by atoms with Gasteiger partial charge >= 0.3 is 0 Å². The van der Waals surface area contributed by atoms with E-state index in [0.29, 0.717) is 23.2 Å². The van der Waals surface area contributed by atoms with Gasteiger partial charge in [0.1, 0.15) is 17.2 Å². The van der Waals surface area contributed by atoms with E-state index < -0.39 is 5.91 Å². The molecule has 0 aromatic carbocycles. The highest BCUT2D eigenvalue weighted by atomic mass is 32.2. The van der Waals surface area contributed by atoms with Gasteiger partial charge in [0.2, 0.25) is 0 Å². The molecule has 94 valence electrons. The van der Waals surface area contributed by atoms with Gasteiger partial charge in [-0.1, -0.05) is 13.8 Å². The molecule has 17 heavy (non-hydrogen) atoms. The largest absolute Gasteiger partial charge is 0.383 e. The average Bonchev–Trinajstić information content (AvgIpc) is 2.14. The normalized spacial score (nSPS) is 10.8. The molecule has 4 N–H and O–H groups in total. The highest BCUT2D eigenvalue weighted by Gasteiger charge is 2.13. The zero-order valence-electron chi connectivity index (χ0n) is 10.4. The summed E-state index contributed by atoms with van der Waals surface area (Å²) in [5, 5.41) is 0. The van der Waals surface area contributed by atoms with E-state index in [1.165, 1.54) is 0 Å². The van der Waals surface area contributed by atoms with Gasteiger partial charge < -0.3 is 11.5 Å². The number of amides is 1. The molecule has 5 nitrogen and oxygen atoms in total. The predicted molar refractivity (Wildman–Crippen MR) is 70.7 cm³/mol. The van der Waals surface area contributed by atoms with Gasteiger partial charge in [0.25, 0.3) is 5.91 Å². The molecule has 0 fully saturated rings. The number of carbonyl (C=O) groups excluding carboxylic acids is 1. The molecule has 1 rings (SSSR count). The van der Waals surface area contributed by atoms with Crippen molar-refractivity contribution in [3.63, 3.8) is 0 Å². The summed E-state index contributed by atoms with van der Waals surface area (Å²) in [6, 6.07) is 0. The number of hydrogen-bond donors (Lipinski definition) is 2. The molecule has 0 saturated heterocycles. The quantitative estimate of drug-likeness (QED) is 0.827. The predicted octanol–water partition coefficient (Wildman–Crippen LogP) is 1.36. The Hall–Kier alpha value is -1.30. The Bertz CT molecular complexity index is 397. The second-order valence-electron chi connectivity index (χ2n) is 4.26. The second kappa shape index (κ2) is 5.86. The first-order valence-corrected chi connectivity index (χ1v) is 6.57. The molecule has 1 aromatic heterocycles. The number of hydrogen-bond acceptors (Lipinski definition) is 5. The monoisotopic (exact) mass is 254 g/mol. The summed E-state index contributed by atoms with van der Waals surface area (Å²) < 4.78 is 0. The first kappa shape index (κ1) is 13.8. The van der Waals surface area contributed by atoms with E-state index >= 15 is 0 Å². The van der Waals surface area contributed by atoms with Crippen molar-refractivity contribution in [2.45, 2.75) is 26.5 Å². The van der Waals surface area contributed by atoms with Gasteiger partial charge in [-0.15, -0.1) is 0 Å². The van der Waals surface area contributed by atoms with Crippen LogP contribution < -0.4 is 11.5 Å². The number of primary amides is 1. The summed E-state index contributed by atoms with van der Waals surface area (Å²) in [4.78, 5) is 19.5. The molecule has 0 aliphatic heterocycles. The third-order valence-electron chi connectivity index (χ3n) is 2.09. The third kappa shape index (κ3) is 3.89. The van der Waals surface area contributed by atoms with E-state index in [-0.39, 0.29) is 11.4 Å². The van der Waals surface area contributed by atoms with Crippen LogP contribution in [0.15, 0.2) is 0 Å². The number of nitrogens with zero attached hydrogens (tertiary/aromatic N) is 2. The van der Waals surface area contributed by atoms with E-state index in [2.05, 4.69) is 23.8 Å². The van der Waals surface area contributed by atoms with Gasteiger partial charge in [-0.2, -0.15) is 11.8 Å². The lowest BCUT2D eigenvalue weighted by Gasteiger charge is -2.08. The maximum Gasteiger partial charge on any atom is 0.254 e. The van der Waals surface area contributed by atoms with Crippen molar-refractivity contribution in [2.75, 3.05) is 11.5 Å². The molecule has 1 aromatic rings. The molecule has 6 heteroatoms. The van der Waals surface area contributed by atoms with Crippen molar-refractivity contribution in [1.29, 1.82) is 0 Å². The van der Waals surface area contributed by atoms with Crippen molar-refractivity contribution in [2.24, 2.45) is 11.7 Å². The van der Waals surface area contributed by atoms with Crippen LogP contribution in [0.3, 0.4) is 0 Å². The highest BCUT2D eigenvalue weighted by molar-refractivity contribution is 7.98. The maximum absolute atomic E-state index is 11.1. The van der Waals surface area contributed by atoms with Crippen molar-refractivity contribution < 1.29 is 4.79 Å². The van der Waals surface area contributed by atoms with Gasteiger partial charge in [-0.3, -0.25) is 4.79 Å². The molecular weight excluding hydrogens is 236 g/mol. The Balaban J connectivity index is 2.80. The fourth-order valence-electron chi connectivity index (χ4n) is 1.41. The second-order valence-corrected chi connectivity index (χ2v) is 5.29. The minimum Gasteiger partial charge on any atom is -0.383 e. The molecule has 0 saturated carbocycles. The zero-order chi connectivity index (χ0) is 13.0. The van der Waals surface area contributed by atoms with Crippen molar-refractivity contribution in [3.05, 3.63) is 17.1 Å². The summed E-state index contributed by atoms with van der Waals surface area (Å²) in [5.74, 6) is 2.60. The van der Waals surface area contributed by atoms with Crippen molar-refractivity contribution in [3.8, 4) is 0 Å². The molecule has 0 unspecified atom stereocenters. The first-order valence-electron chi connectivity index (χ1n) is 5.42. The summed E-state index contributed by atoms with van der Waals surface area (Å²) in [5.41, 5.74) is 11.7. The Morgan fingerprint density at radius 1 is 1.41 bits per heavy atom. The topological polar surface area (TPSA) is 94.9 Å². The van der Waals surface area contributed by atoms with Crippen molar-refractivity contribution in [1.82, 2.24) is 9.97 Å². The maximum atomic E-state index is 11.1. The Kier molecular flexibility index (Phi) is 4.74. The molecule has 1 amide bonds. The summed E-state index contributed by atoms with van der Waals surface area (Å²) in [7, 11) is 0. The lowest BCUT2D eigenvalue weighted by atomic mass is 10.2. The molecule has 0 aliphatic rings. The molecule has 1 heterocycles. The van der Waals surface area contributed by atoms with Crippen LogP contribution in [-0.2, 0) is 5.75 Å². The summed E-state index contributed by atoms with van der Waals surface area (Å²) >= 11 is 1.75. The van der Waals surface area contributed by atoms with E-state index in [1.807, 2.05) is 0 Å². The Morgan fingerprint density at radius 3 is 2.53 bits per heavy atom. The standard InChI is InChI=1S/C11H18N4OS/c1-6(2)4-17-5-8-14-7(3)9(11(13)16)10(12)15-8/h6H,4-5H2,1-3H3,(H2,13,16)(H2,12,14,15). The minimum absolute atomic E-state index is 0.171. The molecule has 0 aliphatic carbocycles. The highest BCUT2D eigenvalue weighted by Crippen LogP contribution is 2.17. The number of rotatable bonds is 5. The van der Waals surface area contributed by atoms with Crippen LogP contribution in [0.5, 0.6) is 0 Å². The van der Waals surface area contributed by atoms with E-state index in [9.17, 15) is 4.79 Å². The number of nitrogens with two attached hydrogens (primary N) is 2. The number of anilines is 1. The van der Waals surface area contributed by atoms with Crippen LogP contribution >= 0.6 is 11.8 Å². The number of thioether (sulfide) groups is 1. The number of carbonyl (C=O) groups is 1. The van der Waals surface area contributed by atoms with E-state index in [1.54, 1.807) is 18.7 Å². The fraction of sp³-hybridized carbons (Fsp3) is 0.545. The van der Waals surface area contributed by atoms with Gasteiger partial charge in [0.05, 0.1) is 11.4 Å². The Morgan fingerprint density at radius 2 is 2.06 bits per heavy atom. The fourth-order valence-corrected chi connectivity index (χ4v) is 2.31. The average molecular weight is 254 g/mol. The van der Waals surface area contributed by atoms with Crippen LogP contribution in [0, 0.1) is 12.8 Å². The molecule has 0 spiro atoms. The van der Waals surface area contributed by atoms with Gasteiger partial charge in [-0.05, 0) is 18.6 Å². The third-order valence-corrected chi connectivity index (χ3v) is 3.46. The van der Waals surface area contributed by atoms with Crippen LogP contribution in [0.4, 0.5) is 5.82 Å². The lowest BCUT2D eigenvalue weighted by Crippen LogP contribution is -2.18. The lowest BCUT2D eigenvalue weighted by molar-refractivity contribution is 0.1000. The SMILES string of the molecule is Cc1nc(CSCC(C)C)nc(N)c1C(N)=O. The van der Waals surface area contributed by atoms with Crippen molar-refractivity contribution >= 4 is 23.5 Å². The van der Waals surface area contributed by atoms with E-state index in [0.717, 1.165) is 5.75 Å². The number of aromatic nitrogens is 2. The zero-order valence-corrected chi connectivity index (χ0v) is 11.2. The number of nitrogen functional groups attached to an aromatic ring is 1. The molecular formula is C11H18N4OS. The van der Waals surface area contributed by atoms with Crippen LogP contribution in [0.2, 0.25) is 0 Å². The summed E-state index contributed by atoms with van der Waals surface area (Å²) in [6.07, 6.45) is 0. The van der Waals surface area contributed by atoms with Crippen LogP contribution in [0.25, 0.3) is 0 Å². The molecule has 0 bridgehead atoms. The minimum atomic E-state index is -0.582. The van der Waals surface area contributed by atoms with Gasteiger partial charge in [-0.25, -0.2) is 9.97 Å². The Labute approximate surface area is 105 Å². The molecule has 0 radical (unpaired) electrons. The van der Waals surface area contributed by atoms with Gasteiger partial charge in [0, 0.05) is 0 Å². The van der Waals surface area contributed by atoms with Crippen LogP contribution in [-0.4, -0.2) is 21.6 Å². The van der Waals surface area contributed by atoms with Crippen LogP contribution in [0.1, 0.15) is 35.7 Å². The van der Waals surface area contributed by atoms with E-state index in [4.69, 9.17) is 11.5 Å². The van der Waals surface area contributed by atoms with Gasteiger partial charge in [0.15, 0.2) is 0 Å². The molecule has 0 atom stereocenters. The number of aryl methyl sites for hydroxylation is 1. The first-order chi connectivity index (χ1) is 7.91. The summed E-state index contributed by atoms with van der Waals surface area (Å²) in [6.45, 7) is 6.03. The smallest absolute Gasteiger partial charge is 0.254 e.